The van der Waals surface area contributed by atoms with Gasteiger partial charge in [-0.15, -0.1) is 0 Å². The summed E-state index contributed by atoms with van der Waals surface area (Å²) in [5.74, 6) is -0.0995. The normalized spacial score (nSPS) is 17.4. The molecule has 1 saturated heterocycles. The Morgan fingerprint density at radius 1 is 1.25 bits per heavy atom. The van der Waals surface area contributed by atoms with E-state index in [1.54, 1.807) is 0 Å². The van der Waals surface area contributed by atoms with Crippen LogP contribution in [-0.4, -0.2) is 30.4 Å². The van der Waals surface area contributed by atoms with Gasteiger partial charge in [0.05, 0.1) is 6.04 Å². The lowest BCUT2D eigenvalue weighted by atomic mass is 10.0. The summed E-state index contributed by atoms with van der Waals surface area (Å²) in [5.41, 5.74) is 1.17. The molecule has 1 aliphatic heterocycles. The number of nitrogens with one attached hydrogen (secondary N) is 1. The van der Waals surface area contributed by atoms with Crippen LogP contribution in [0.4, 0.5) is 0 Å². The van der Waals surface area contributed by atoms with Crippen molar-refractivity contribution in [1.82, 2.24) is 10.2 Å². The zero-order valence-corrected chi connectivity index (χ0v) is 12.1. The molecule has 1 heterocycles. The van der Waals surface area contributed by atoms with E-state index in [1.807, 2.05) is 18.2 Å². The van der Waals surface area contributed by atoms with Crippen LogP contribution in [0, 0.1) is 0 Å². The maximum atomic E-state index is 11.6. The average Bonchev–Trinajstić information content (AvgIpc) is 2.53. The van der Waals surface area contributed by atoms with Crippen LogP contribution in [0.1, 0.15) is 37.3 Å². The van der Waals surface area contributed by atoms with Crippen LogP contribution in [0.3, 0.4) is 0 Å². The number of amides is 1. The fraction of sp³-hybridized carbons (Fsp3) is 0.471. The Hall–Kier alpha value is -1.61. The lowest BCUT2D eigenvalue weighted by molar-refractivity contribution is -0.117. The molecule has 1 aromatic carbocycles. The molecular weight excluding hydrogens is 248 g/mol. The molecule has 0 aliphatic carbocycles. The lowest BCUT2D eigenvalue weighted by Gasteiger charge is -2.28. The van der Waals surface area contributed by atoms with Gasteiger partial charge in [0.15, 0.2) is 0 Å². The van der Waals surface area contributed by atoms with Crippen molar-refractivity contribution < 1.29 is 4.79 Å². The first-order chi connectivity index (χ1) is 9.79. The summed E-state index contributed by atoms with van der Waals surface area (Å²) in [6.07, 6.45) is 6.25. The quantitative estimate of drug-likeness (QED) is 0.808. The topological polar surface area (TPSA) is 32.3 Å². The Morgan fingerprint density at radius 2 is 1.95 bits per heavy atom. The molecule has 3 nitrogen and oxygen atoms in total. The molecule has 1 unspecified atom stereocenters. The Bertz CT molecular complexity index is 424. The van der Waals surface area contributed by atoms with E-state index < -0.39 is 0 Å². The highest BCUT2D eigenvalue weighted by molar-refractivity contribution is 5.87. The minimum atomic E-state index is -0.0995. The predicted molar refractivity (Wildman–Crippen MR) is 82.4 cm³/mol. The highest BCUT2D eigenvalue weighted by Gasteiger charge is 2.16. The number of rotatable bonds is 6. The van der Waals surface area contributed by atoms with E-state index in [4.69, 9.17) is 0 Å². The molecule has 0 aromatic heterocycles. The van der Waals surface area contributed by atoms with Crippen molar-refractivity contribution >= 4 is 5.91 Å². The zero-order chi connectivity index (χ0) is 14.2. The second kappa shape index (κ2) is 7.85. The van der Waals surface area contributed by atoms with Gasteiger partial charge in [-0.25, -0.2) is 0 Å². The van der Waals surface area contributed by atoms with Crippen molar-refractivity contribution in [2.75, 3.05) is 19.6 Å². The first-order valence-electron chi connectivity index (χ1n) is 7.50. The molecule has 1 aliphatic rings. The maximum absolute atomic E-state index is 11.6. The van der Waals surface area contributed by atoms with Crippen LogP contribution >= 0.6 is 0 Å². The number of benzene rings is 1. The van der Waals surface area contributed by atoms with E-state index in [0.29, 0.717) is 0 Å². The Kier molecular flexibility index (Phi) is 5.81. The first kappa shape index (κ1) is 14.8. The highest BCUT2D eigenvalue weighted by Crippen LogP contribution is 2.18. The Morgan fingerprint density at radius 3 is 2.60 bits per heavy atom. The number of nitrogens with zero attached hydrogens (tertiary/aromatic N) is 1. The summed E-state index contributed by atoms with van der Waals surface area (Å²) in [6.45, 7) is 6.96. The number of hydrogen-bond donors (Lipinski definition) is 1. The van der Waals surface area contributed by atoms with Crippen LogP contribution in [-0.2, 0) is 4.79 Å². The largest absolute Gasteiger partial charge is 0.346 e. The first-order valence-corrected chi connectivity index (χ1v) is 7.50. The Labute approximate surface area is 121 Å². The number of carbonyl (C=O) groups excluding carboxylic acids is 1. The molecule has 1 amide bonds. The molecule has 1 fully saturated rings. The Balaban J connectivity index is 1.95. The molecule has 20 heavy (non-hydrogen) atoms. The molecule has 0 bridgehead atoms. The molecule has 0 spiro atoms. The second-order valence-corrected chi connectivity index (χ2v) is 5.37. The number of piperidine rings is 1. The van der Waals surface area contributed by atoms with Crippen LogP contribution in [0.2, 0.25) is 0 Å². The number of carbonyl (C=O) groups is 1. The monoisotopic (exact) mass is 272 g/mol. The van der Waals surface area contributed by atoms with Crippen molar-refractivity contribution in [3.63, 3.8) is 0 Å². The van der Waals surface area contributed by atoms with Crippen molar-refractivity contribution in [2.24, 2.45) is 0 Å². The van der Waals surface area contributed by atoms with E-state index in [9.17, 15) is 4.79 Å². The maximum Gasteiger partial charge on any atom is 0.243 e. The summed E-state index contributed by atoms with van der Waals surface area (Å²) in [5, 5.41) is 3.04. The van der Waals surface area contributed by atoms with E-state index in [-0.39, 0.29) is 11.9 Å². The SMILES string of the molecule is C=CC(=O)NC(CCN1CCCCC1)c1ccccc1. The molecule has 108 valence electrons. The van der Waals surface area contributed by atoms with Crippen LogP contribution in [0.15, 0.2) is 43.0 Å². The summed E-state index contributed by atoms with van der Waals surface area (Å²) >= 11 is 0. The molecular formula is C17H24N2O. The van der Waals surface area contributed by atoms with Gasteiger partial charge in [0.25, 0.3) is 0 Å². The number of likely N-dealkylation sites (tertiary alicyclic amines) is 1. The van der Waals surface area contributed by atoms with Crippen molar-refractivity contribution in [1.29, 1.82) is 0 Å². The van der Waals surface area contributed by atoms with Crippen LogP contribution in [0.25, 0.3) is 0 Å². The van der Waals surface area contributed by atoms with E-state index in [0.717, 1.165) is 13.0 Å². The summed E-state index contributed by atoms with van der Waals surface area (Å²) in [6, 6.07) is 10.3. The predicted octanol–water partition coefficient (Wildman–Crippen LogP) is 2.91. The fourth-order valence-electron chi connectivity index (χ4n) is 2.73. The molecule has 1 atom stereocenters. The van der Waals surface area contributed by atoms with Gasteiger partial charge in [0.2, 0.25) is 5.91 Å². The third kappa shape index (κ3) is 4.49. The van der Waals surface area contributed by atoms with Gasteiger partial charge in [-0.2, -0.15) is 0 Å². The second-order valence-electron chi connectivity index (χ2n) is 5.37. The minimum absolute atomic E-state index is 0.0728. The smallest absolute Gasteiger partial charge is 0.243 e. The van der Waals surface area contributed by atoms with E-state index in [2.05, 4.69) is 28.9 Å². The van der Waals surface area contributed by atoms with Crippen LogP contribution in [0.5, 0.6) is 0 Å². The van der Waals surface area contributed by atoms with Crippen molar-refractivity contribution in [3.05, 3.63) is 48.6 Å². The van der Waals surface area contributed by atoms with Crippen molar-refractivity contribution in [2.45, 2.75) is 31.7 Å². The van der Waals surface area contributed by atoms with Gasteiger partial charge >= 0.3 is 0 Å². The van der Waals surface area contributed by atoms with E-state index in [1.165, 1.54) is 44.0 Å². The zero-order valence-electron chi connectivity index (χ0n) is 12.1. The molecule has 2 rings (SSSR count). The van der Waals surface area contributed by atoms with Gasteiger partial charge in [0.1, 0.15) is 0 Å². The third-order valence-corrected chi connectivity index (χ3v) is 3.89. The molecule has 1 N–H and O–H groups in total. The summed E-state index contributed by atoms with van der Waals surface area (Å²) in [4.78, 5) is 14.1. The molecule has 1 aromatic rings. The summed E-state index contributed by atoms with van der Waals surface area (Å²) in [7, 11) is 0. The van der Waals surface area contributed by atoms with Gasteiger partial charge in [0, 0.05) is 6.54 Å². The van der Waals surface area contributed by atoms with Crippen molar-refractivity contribution in [3.8, 4) is 0 Å². The number of hydrogen-bond acceptors (Lipinski definition) is 2. The lowest BCUT2D eigenvalue weighted by Crippen LogP contribution is -2.34. The third-order valence-electron chi connectivity index (χ3n) is 3.89. The molecule has 0 radical (unpaired) electrons. The van der Waals surface area contributed by atoms with Crippen LogP contribution < -0.4 is 5.32 Å². The average molecular weight is 272 g/mol. The standard InChI is InChI=1S/C17H24N2O/c1-2-17(20)18-16(15-9-5-3-6-10-15)11-14-19-12-7-4-8-13-19/h2-3,5-6,9-10,16H,1,4,7-8,11-14H2,(H,18,20). The minimum Gasteiger partial charge on any atom is -0.346 e. The van der Waals surface area contributed by atoms with Gasteiger partial charge in [-0.3, -0.25) is 4.79 Å². The summed E-state index contributed by atoms with van der Waals surface area (Å²) < 4.78 is 0. The fourth-order valence-corrected chi connectivity index (χ4v) is 2.73. The van der Waals surface area contributed by atoms with E-state index >= 15 is 0 Å². The molecule has 3 heteroatoms. The highest BCUT2D eigenvalue weighted by atomic mass is 16.1. The van der Waals surface area contributed by atoms with Gasteiger partial charge in [-0.05, 0) is 44.0 Å². The van der Waals surface area contributed by atoms with Gasteiger partial charge in [-0.1, -0.05) is 43.3 Å². The molecule has 0 saturated carbocycles. The van der Waals surface area contributed by atoms with Gasteiger partial charge < -0.3 is 10.2 Å².